The van der Waals surface area contributed by atoms with Gasteiger partial charge in [-0.15, -0.1) is 0 Å². The van der Waals surface area contributed by atoms with Gasteiger partial charge in [-0.2, -0.15) is 0 Å². The standard InChI is InChI=1S/C30H32O7/c1-14(2)22-24(33)20(15(3)31)26(35)30(37)27(36)23-25(34)21-18(12-28(23,4)13-29(22,30)5)17(10-11-19(21)32)16-8-6-7-9-16/h6,8-11,14,22,32,34-35,37H,7,12-13H2,1-5H3/t22?,28-,29-,30+/m1/s1. The van der Waals surface area contributed by atoms with Gasteiger partial charge in [0.25, 0.3) is 0 Å². The Kier molecular flexibility index (Phi) is 5.30. The van der Waals surface area contributed by atoms with Crippen LogP contribution in [-0.2, 0) is 20.8 Å². The molecule has 0 saturated heterocycles. The van der Waals surface area contributed by atoms with Crippen LogP contribution in [0.3, 0.4) is 0 Å². The SMILES string of the molecule is CC(=O)C1=C(O)[C@]2(O)C(=O)C3=C(O)c4c(O)ccc(C5=CCC=C5)c4C[C@]3(C)C[C@]2(C)C(C(C)C)C1=O. The summed E-state index contributed by atoms with van der Waals surface area (Å²) in [6, 6.07) is 3.25. The summed E-state index contributed by atoms with van der Waals surface area (Å²) in [6.07, 6.45) is 7.12. The van der Waals surface area contributed by atoms with Crippen molar-refractivity contribution in [2.24, 2.45) is 22.7 Å². The molecule has 0 spiro atoms. The van der Waals surface area contributed by atoms with Crippen molar-refractivity contribution in [2.75, 3.05) is 0 Å². The predicted octanol–water partition coefficient (Wildman–Crippen LogP) is 4.53. The molecule has 0 aromatic heterocycles. The molecule has 1 aromatic rings. The fourth-order valence-electron chi connectivity index (χ4n) is 7.65. The zero-order valence-electron chi connectivity index (χ0n) is 21.7. The molecule has 5 rings (SSSR count). The van der Waals surface area contributed by atoms with Crippen molar-refractivity contribution >= 4 is 28.7 Å². The van der Waals surface area contributed by atoms with Crippen LogP contribution in [0.5, 0.6) is 5.75 Å². The first kappa shape index (κ1) is 25.2. The number of ketones is 3. The van der Waals surface area contributed by atoms with E-state index in [0.29, 0.717) is 5.56 Å². The van der Waals surface area contributed by atoms with E-state index in [4.69, 9.17) is 0 Å². The highest BCUT2D eigenvalue weighted by Crippen LogP contribution is 2.65. The molecule has 0 bridgehead atoms. The molecule has 1 unspecified atom stereocenters. The van der Waals surface area contributed by atoms with E-state index < -0.39 is 56.8 Å². The Morgan fingerprint density at radius 2 is 1.78 bits per heavy atom. The molecule has 1 saturated carbocycles. The van der Waals surface area contributed by atoms with E-state index in [9.17, 15) is 34.8 Å². The Morgan fingerprint density at radius 1 is 1.11 bits per heavy atom. The lowest BCUT2D eigenvalue weighted by Crippen LogP contribution is -2.69. The maximum absolute atomic E-state index is 14.3. The molecular weight excluding hydrogens is 472 g/mol. The molecule has 7 nitrogen and oxygen atoms in total. The quantitative estimate of drug-likeness (QED) is 0.445. The lowest BCUT2D eigenvalue weighted by atomic mass is 9.43. The summed E-state index contributed by atoms with van der Waals surface area (Å²) in [4.78, 5) is 40.3. The smallest absolute Gasteiger partial charge is 0.203 e. The molecule has 37 heavy (non-hydrogen) atoms. The number of benzene rings is 1. The molecule has 0 heterocycles. The summed E-state index contributed by atoms with van der Waals surface area (Å²) in [5.74, 6) is -5.18. The van der Waals surface area contributed by atoms with Crippen LogP contribution in [0.1, 0.15) is 64.2 Å². The average molecular weight is 505 g/mol. The number of carbonyl (C=O) groups excluding carboxylic acids is 3. The van der Waals surface area contributed by atoms with E-state index in [-0.39, 0.29) is 35.6 Å². The van der Waals surface area contributed by atoms with Gasteiger partial charge < -0.3 is 20.4 Å². The zero-order valence-corrected chi connectivity index (χ0v) is 21.7. The second-order valence-corrected chi connectivity index (χ2v) is 11.7. The van der Waals surface area contributed by atoms with Gasteiger partial charge in [-0.25, -0.2) is 0 Å². The van der Waals surface area contributed by atoms with Crippen LogP contribution >= 0.6 is 0 Å². The fourth-order valence-corrected chi connectivity index (χ4v) is 7.65. The van der Waals surface area contributed by atoms with Crippen LogP contribution in [0, 0.1) is 22.7 Å². The van der Waals surface area contributed by atoms with Crippen LogP contribution in [-0.4, -0.2) is 43.4 Å². The molecule has 4 atom stereocenters. The van der Waals surface area contributed by atoms with Gasteiger partial charge in [0.15, 0.2) is 17.2 Å². The van der Waals surface area contributed by atoms with Gasteiger partial charge in [-0.1, -0.05) is 52.0 Å². The molecule has 4 aliphatic rings. The summed E-state index contributed by atoms with van der Waals surface area (Å²) >= 11 is 0. The number of fused-ring (bicyclic) bond motifs is 3. The topological polar surface area (TPSA) is 132 Å². The van der Waals surface area contributed by atoms with E-state index in [1.54, 1.807) is 33.8 Å². The largest absolute Gasteiger partial charge is 0.508 e. The third-order valence-electron chi connectivity index (χ3n) is 8.97. The summed E-state index contributed by atoms with van der Waals surface area (Å²) < 4.78 is 0. The first-order chi connectivity index (χ1) is 17.2. The number of hydrogen-bond acceptors (Lipinski definition) is 7. The van der Waals surface area contributed by atoms with E-state index in [2.05, 4.69) is 0 Å². The summed E-state index contributed by atoms with van der Waals surface area (Å²) in [6.45, 7) is 8.11. The highest BCUT2D eigenvalue weighted by Gasteiger charge is 2.72. The number of phenolic OH excluding ortho intramolecular Hbond substituents is 1. The van der Waals surface area contributed by atoms with Crippen molar-refractivity contribution in [3.8, 4) is 5.75 Å². The van der Waals surface area contributed by atoms with Crippen molar-refractivity contribution < 1.29 is 34.8 Å². The molecule has 4 aliphatic carbocycles. The Morgan fingerprint density at radius 3 is 2.35 bits per heavy atom. The molecule has 4 N–H and O–H groups in total. The average Bonchev–Trinajstić information content (AvgIpc) is 3.30. The van der Waals surface area contributed by atoms with Gasteiger partial charge in [0.05, 0.1) is 5.56 Å². The molecular formula is C30H32O7. The second-order valence-electron chi connectivity index (χ2n) is 11.7. The number of carbonyl (C=O) groups is 3. The molecule has 1 aromatic carbocycles. The van der Waals surface area contributed by atoms with Crippen molar-refractivity contribution in [3.63, 3.8) is 0 Å². The highest BCUT2D eigenvalue weighted by molar-refractivity contribution is 6.24. The molecule has 1 fully saturated rings. The highest BCUT2D eigenvalue weighted by atomic mass is 16.3. The number of phenols is 1. The van der Waals surface area contributed by atoms with Crippen molar-refractivity contribution in [1.29, 1.82) is 0 Å². The summed E-state index contributed by atoms with van der Waals surface area (Å²) in [7, 11) is 0. The number of allylic oxidation sites excluding steroid dienone is 5. The van der Waals surface area contributed by atoms with Crippen molar-refractivity contribution in [2.45, 2.75) is 59.5 Å². The Hall–Kier alpha value is -3.45. The van der Waals surface area contributed by atoms with E-state index >= 15 is 0 Å². The zero-order chi connectivity index (χ0) is 27.2. The number of hydrogen-bond donors (Lipinski definition) is 4. The Balaban J connectivity index is 1.83. The van der Waals surface area contributed by atoms with Gasteiger partial charge in [-0.3, -0.25) is 14.4 Å². The maximum Gasteiger partial charge on any atom is 0.203 e. The van der Waals surface area contributed by atoms with Crippen molar-refractivity contribution in [1.82, 2.24) is 0 Å². The van der Waals surface area contributed by atoms with Gasteiger partial charge in [-0.05, 0) is 54.9 Å². The predicted molar refractivity (Wildman–Crippen MR) is 138 cm³/mol. The minimum absolute atomic E-state index is 0.0783. The molecule has 0 radical (unpaired) electrons. The summed E-state index contributed by atoms with van der Waals surface area (Å²) in [5, 5.41) is 45.6. The number of rotatable bonds is 3. The Bertz CT molecular complexity index is 1420. The minimum Gasteiger partial charge on any atom is -0.508 e. The van der Waals surface area contributed by atoms with Gasteiger partial charge >= 0.3 is 0 Å². The molecule has 0 aliphatic heterocycles. The molecule has 0 amide bonds. The normalized spacial score (nSPS) is 32.9. The monoisotopic (exact) mass is 504 g/mol. The molecule has 194 valence electrons. The number of aromatic hydroxyl groups is 1. The third kappa shape index (κ3) is 3.00. The lowest BCUT2D eigenvalue weighted by Gasteiger charge is -2.59. The van der Waals surface area contributed by atoms with Gasteiger partial charge in [0.1, 0.15) is 22.8 Å². The van der Waals surface area contributed by atoms with Gasteiger partial charge in [0, 0.05) is 22.3 Å². The maximum atomic E-state index is 14.3. The van der Waals surface area contributed by atoms with Crippen LogP contribution in [0.4, 0.5) is 0 Å². The minimum atomic E-state index is -2.60. The number of Topliss-reactive ketones (excluding diaryl/α,β-unsaturated/α-hetero) is 3. The number of aliphatic hydroxyl groups is 3. The fraction of sp³-hybridized carbons (Fsp3) is 0.433. The first-order valence-electron chi connectivity index (χ1n) is 12.6. The van der Waals surface area contributed by atoms with Gasteiger partial charge in [0.2, 0.25) is 5.78 Å². The number of aliphatic hydroxyl groups excluding tert-OH is 2. The van der Waals surface area contributed by atoms with Crippen LogP contribution in [0.15, 0.2) is 47.3 Å². The summed E-state index contributed by atoms with van der Waals surface area (Å²) in [5.41, 5.74) is -3.20. The van der Waals surface area contributed by atoms with E-state index in [1.165, 1.54) is 6.07 Å². The third-order valence-corrected chi connectivity index (χ3v) is 8.97. The Labute approximate surface area is 215 Å². The van der Waals surface area contributed by atoms with E-state index in [0.717, 1.165) is 24.5 Å². The van der Waals surface area contributed by atoms with E-state index in [1.807, 2.05) is 18.2 Å². The van der Waals surface area contributed by atoms with Crippen LogP contribution in [0.2, 0.25) is 0 Å². The molecule has 7 heteroatoms. The lowest BCUT2D eigenvalue weighted by molar-refractivity contribution is -0.178. The van der Waals surface area contributed by atoms with Crippen LogP contribution < -0.4 is 0 Å². The van der Waals surface area contributed by atoms with Crippen LogP contribution in [0.25, 0.3) is 11.3 Å². The first-order valence-corrected chi connectivity index (χ1v) is 12.6. The van der Waals surface area contributed by atoms with Crippen molar-refractivity contribution in [3.05, 3.63) is 64.0 Å². The second kappa shape index (κ2) is 7.78.